The van der Waals surface area contributed by atoms with Crippen LogP contribution in [0.1, 0.15) is 33.5 Å². The SMILES string of the molecule is COCCCNC(=O)/C(C#N)=C1/N=C(NC(=O)c2ccccc2C)c2ccccc21. The number of ether oxygens (including phenoxy) is 1. The average Bonchev–Trinajstić information content (AvgIpc) is 3.10. The zero-order valence-corrected chi connectivity index (χ0v) is 16.9. The molecule has 30 heavy (non-hydrogen) atoms. The number of hydrogen-bond acceptors (Lipinski definition) is 5. The summed E-state index contributed by atoms with van der Waals surface area (Å²) in [6.07, 6.45) is 0.633. The minimum Gasteiger partial charge on any atom is -0.385 e. The van der Waals surface area contributed by atoms with Crippen molar-refractivity contribution in [3.63, 3.8) is 0 Å². The summed E-state index contributed by atoms with van der Waals surface area (Å²) in [5.74, 6) is -0.493. The Bertz CT molecular complexity index is 1080. The van der Waals surface area contributed by atoms with Gasteiger partial charge in [-0.1, -0.05) is 42.5 Å². The second-order valence-electron chi connectivity index (χ2n) is 6.71. The van der Waals surface area contributed by atoms with Crippen LogP contribution in [0, 0.1) is 18.3 Å². The second kappa shape index (κ2) is 9.63. The first-order chi connectivity index (χ1) is 14.6. The molecule has 0 saturated heterocycles. The van der Waals surface area contributed by atoms with Crippen LogP contribution in [0.15, 0.2) is 59.1 Å². The molecule has 0 unspecified atom stereocenters. The second-order valence-corrected chi connectivity index (χ2v) is 6.71. The highest BCUT2D eigenvalue weighted by Crippen LogP contribution is 2.30. The Labute approximate surface area is 175 Å². The van der Waals surface area contributed by atoms with Gasteiger partial charge in [-0.05, 0) is 25.0 Å². The summed E-state index contributed by atoms with van der Waals surface area (Å²) < 4.78 is 4.96. The summed E-state index contributed by atoms with van der Waals surface area (Å²) in [7, 11) is 1.58. The van der Waals surface area contributed by atoms with Crippen LogP contribution in [-0.2, 0) is 9.53 Å². The minimum atomic E-state index is -0.506. The lowest BCUT2D eigenvalue weighted by Crippen LogP contribution is -2.30. The van der Waals surface area contributed by atoms with E-state index in [4.69, 9.17) is 4.74 Å². The molecule has 0 aromatic heterocycles. The lowest BCUT2D eigenvalue weighted by atomic mass is 10.0. The van der Waals surface area contributed by atoms with E-state index in [0.29, 0.717) is 42.1 Å². The fourth-order valence-corrected chi connectivity index (χ4v) is 3.13. The maximum Gasteiger partial charge on any atom is 0.264 e. The van der Waals surface area contributed by atoms with E-state index < -0.39 is 5.91 Å². The van der Waals surface area contributed by atoms with Crippen molar-refractivity contribution in [3.05, 3.63) is 76.4 Å². The van der Waals surface area contributed by atoms with E-state index >= 15 is 0 Å². The van der Waals surface area contributed by atoms with Crippen molar-refractivity contribution < 1.29 is 14.3 Å². The minimum absolute atomic E-state index is 0.0972. The Kier molecular flexibility index (Phi) is 6.73. The van der Waals surface area contributed by atoms with Crippen LogP contribution in [0.2, 0.25) is 0 Å². The molecule has 0 saturated carbocycles. The molecule has 0 spiro atoms. The number of hydrogen-bond donors (Lipinski definition) is 2. The lowest BCUT2D eigenvalue weighted by Gasteiger charge is -2.08. The number of aryl methyl sites for hydroxylation is 1. The van der Waals surface area contributed by atoms with Crippen LogP contribution in [-0.4, -0.2) is 37.9 Å². The Morgan fingerprint density at radius 2 is 1.80 bits per heavy atom. The molecule has 0 bridgehead atoms. The van der Waals surface area contributed by atoms with Crippen LogP contribution in [0.4, 0.5) is 0 Å². The molecule has 1 aliphatic rings. The van der Waals surface area contributed by atoms with Gasteiger partial charge in [0, 0.05) is 37.0 Å². The van der Waals surface area contributed by atoms with E-state index in [1.807, 2.05) is 31.2 Å². The van der Waals surface area contributed by atoms with Crippen LogP contribution in [0.25, 0.3) is 5.70 Å². The Morgan fingerprint density at radius 3 is 2.50 bits per heavy atom. The fourth-order valence-electron chi connectivity index (χ4n) is 3.13. The zero-order chi connectivity index (χ0) is 21.5. The van der Waals surface area contributed by atoms with Gasteiger partial charge in [0.2, 0.25) is 0 Å². The van der Waals surface area contributed by atoms with Gasteiger partial charge in [-0.15, -0.1) is 0 Å². The van der Waals surface area contributed by atoms with E-state index in [0.717, 1.165) is 5.56 Å². The van der Waals surface area contributed by atoms with Crippen LogP contribution in [0.3, 0.4) is 0 Å². The summed E-state index contributed by atoms with van der Waals surface area (Å²) >= 11 is 0. The monoisotopic (exact) mass is 402 g/mol. The molecule has 0 aliphatic carbocycles. The van der Waals surface area contributed by atoms with Crippen LogP contribution >= 0.6 is 0 Å². The number of methoxy groups -OCH3 is 1. The molecule has 7 nitrogen and oxygen atoms in total. The van der Waals surface area contributed by atoms with Crippen molar-refractivity contribution in [2.45, 2.75) is 13.3 Å². The van der Waals surface area contributed by atoms with Crippen molar-refractivity contribution in [2.75, 3.05) is 20.3 Å². The molecule has 2 amide bonds. The first kappa shape index (κ1) is 21.0. The molecule has 3 rings (SSSR count). The van der Waals surface area contributed by atoms with Crippen LogP contribution in [0.5, 0.6) is 0 Å². The van der Waals surface area contributed by atoms with Gasteiger partial charge in [-0.25, -0.2) is 4.99 Å². The van der Waals surface area contributed by atoms with Crippen molar-refractivity contribution >= 4 is 23.3 Å². The number of amidine groups is 1. The number of benzene rings is 2. The number of nitrogens with zero attached hydrogens (tertiary/aromatic N) is 2. The van der Waals surface area contributed by atoms with Gasteiger partial charge in [0.05, 0.1) is 5.70 Å². The lowest BCUT2D eigenvalue weighted by molar-refractivity contribution is -0.117. The first-order valence-corrected chi connectivity index (χ1v) is 9.53. The van der Waals surface area contributed by atoms with Gasteiger partial charge in [0.1, 0.15) is 17.5 Å². The zero-order valence-electron chi connectivity index (χ0n) is 16.9. The molecular weight excluding hydrogens is 380 g/mol. The third-order valence-electron chi connectivity index (χ3n) is 4.67. The van der Waals surface area contributed by atoms with E-state index in [9.17, 15) is 14.9 Å². The standard InChI is InChI=1S/C23H22N4O3/c1-15-8-3-4-9-16(15)23(29)27-21-18-11-6-5-10-17(18)20(26-21)19(14-24)22(28)25-12-7-13-30-2/h3-6,8-11H,7,12-13H2,1-2H3,(H,25,28)(H,26,27,29)/b20-19+. The van der Waals surface area contributed by atoms with E-state index in [1.165, 1.54) is 0 Å². The predicted molar refractivity (Wildman–Crippen MR) is 114 cm³/mol. The summed E-state index contributed by atoms with van der Waals surface area (Å²) in [5.41, 5.74) is 2.81. The molecule has 0 fully saturated rings. The smallest absolute Gasteiger partial charge is 0.264 e. The quantitative estimate of drug-likeness (QED) is 0.440. The third-order valence-corrected chi connectivity index (χ3v) is 4.67. The molecule has 1 heterocycles. The Balaban J connectivity index is 1.92. The summed E-state index contributed by atoms with van der Waals surface area (Å²) in [4.78, 5) is 29.7. The normalized spacial score (nSPS) is 13.7. The first-order valence-electron chi connectivity index (χ1n) is 9.53. The largest absolute Gasteiger partial charge is 0.385 e. The molecule has 0 radical (unpaired) electrons. The Morgan fingerprint density at radius 1 is 1.10 bits per heavy atom. The highest BCUT2D eigenvalue weighted by molar-refractivity contribution is 6.20. The number of carbonyl (C=O) groups is 2. The topological polar surface area (TPSA) is 104 Å². The van der Waals surface area contributed by atoms with Crippen molar-refractivity contribution in [1.29, 1.82) is 5.26 Å². The molecule has 2 aromatic rings. The highest BCUT2D eigenvalue weighted by atomic mass is 16.5. The highest BCUT2D eigenvalue weighted by Gasteiger charge is 2.27. The number of fused-ring (bicyclic) bond motifs is 1. The number of aliphatic imine (C=N–C) groups is 1. The van der Waals surface area contributed by atoms with Gasteiger partial charge in [0.15, 0.2) is 0 Å². The predicted octanol–water partition coefficient (Wildman–Crippen LogP) is 2.57. The number of carbonyl (C=O) groups excluding carboxylic acids is 2. The van der Waals surface area contributed by atoms with E-state index in [2.05, 4.69) is 15.6 Å². The van der Waals surface area contributed by atoms with Gasteiger partial charge in [-0.3, -0.25) is 9.59 Å². The van der Waals surface area contributed by atoms with Crippen molar-refractivity contribution in [2.24, 2.45) is 4.99 Å². The summed E-state index contributed by atoms with van der Waals surface area (Å²) in [5, 5.41) is 15.1. The van der Waals surface area contributed by atoms with Gasteiger partial charge >= 0.3 is 0 Å². The summed E-state index contributed by atoms with van der Waals surface area (Å²) in [6, 6.07) is 16.4. The van der Waals surface area contributed by atoms with Gasteiger partial charge in [0.25, 0.3) is 11.8 Å². The maximum atomic E-state index is 12.7. The van der Waals surface area contributed by atoms with Crippen LogP contribution < -0.4 is 10.6 Å². The maximum absolute atomic E-state index is 12.7. The van der Waals surface area contributed by atoms with E-state index in [1.54, 1.807) is 37.4 Å². The molecule has 7 heteroatoms. The van der Waals surface area contributed by atoms with Crippen molar-refractivity contribution in [3.8, 4) is 6.07 Å². The number of rotatable bonds is 6. The molecular formula is C23H22N4O3. The average molecular weight is 402 g/mol. The number of nitriles is 1. The van der Waals surface area contributed by atoms with E-state index in [-0.39, 0.29) is 17.2 Å². The molecule has 2 aromatic carbocycles. The third kappa shape index (κ3) is 4.45. The molecule has 0 atom stereocenters. The van der Waals surface area contributed by atoms with Crippen molar-refractivity contribution in [1.82, 2.24) is 10.6 Å². The molecule has 152 valence electrons. The van der Waals surface area contributed by atoms with Gasteiger partial charge < -0.3 is 15.4 Å². The number of amides is 2. The van der Waals surface area contributed by atoms with Gasteiger partial charge in [-0.2, -0.15) is 5.26 Å². The summed E-state index contributed by atoms with van der Waals surface area (Å²) in [6.45, 7) is 2.74. The molecule has 2 N–H and O–H groups in total. The molecule has 1 aliphatic heterocycles. The fraction of sp³-hybridized carbons (Fsp3) is 0.217. The number of nitrogens with one attached hydrogen (secondary N) is 2. The Hall–Kier alpha value is -3.76.